The minimum atomic E-state index is 0.148. The molecule has 1 aliphatic heterocycles. The highest BCUT2D eigenvalue weighted by atomic mass is 35.5. The number of benzene rings is 1. The molecule has 1 aromatic carbocycles. The van der Waals surface area contributed by atoms with Gasteiger partial charge < -0.3 is 15.4 Å². The Bertz CT molecular complexity index is 450. The van der Waals surface area contributed by atoms with Gasteiger partial charge in [-0.25, -0.2) is 0 Å². The van der Waals surface area contributed by atoms with Crippen LogP contribution in [0.1, 0.15) is 38.2 Å². The fraction of sp³-hybridized carbons (Fsp3) is 0.647. The van der Waals surface area contributed by atoms with Crippen molar-refractivity contribution in [3.8, 4) is 5.75 Å². The van der Waals surface area contributed by atoms with Crippen molar-refractivity contribution < 1.29 is 4.74 Å². The molecule has 1 saturated heterocycles. The monoisotopic (exact) mass is 310 g/mol. The lowest BCUT2D eigenvalue weighted by atomic mass is 10.0. The minimum absolute atomic E-state index is 0.148. The zero-order valence-corrected chi connectivity index (χ0v) is 13.9. The van der Waals surface area contributed by atoms with E-state index in [9.17, 15) is 0 Å². The van der Waals surface area contributed by atoms with Crippen LogP contribution in [0.3, 0.4) is 0 Å². The van der Waals surface area contributed by atoms with Crippen LogP contribution in [0, 0.1) is 0 Å². The molecule has 1 fully saturated rings. The second-order valence-corrected chi connectivity index (χ2v) is 6.62. The summed E-state index contributed by atoms with van der Waals surface area (Å²) >= 11 is 6.29. The van der Waals surface area contributed by atoms with Gasteiger partial charge in [-0.2, -0.15) is 0 Å². The standard InChI is InChI=1S/C17H27ClN2O/c1-13(19)11-14-6-7-17(16(18)12-14)21-10-8-15-5-3-4-9-20(15)2/h6-7,12-13,15H,3-5,8-11,19H2,1-2H3. The molecule has 0 aliphatic carbocycles. The van der Waals surface area contributed by atoms with Crippen LogP contribution < -0.4 is 10.5 Å². The van der Waals surface area contributed by atoms with Crippen molar-refractivity contribution in [3.05, 3.63) is 28.8 Å². The fourth-order valence-corrected chi connectivity index (χ4v) is 3.23. The smallest absolute Gasteiger partial charge is 0.137 e. The summed E-state index contributed by atoms with van der Waals surface area (Å²) in [6, 6.07) is 6.78. The first-order valence-electron chi connectivity index (χ1n) is 7.93. The Hall–Kier alpha value is -0.770. The van der Waals surface area contributed by atoms with Gasteiger partial charge in [-0.05, 0) is 63.9 Å². The van der Waals surface area contributed by atoms with Crippen molar-refractivity contribution in [3.63, 3.8) is 0 Å². The van der Waals surface area contributed by atoms with Crippen molar-refractivity contribution in [2.75, 3.05) is 20.2 Å². The molecule has 0 saturated carbocycles. The van der Waals surface area contributed by atoms with Crippen LogP contribution in [0.25, 0.3) is 0 Å². The third kappa shape index (κ3) is 5.17. The Balaban J connectivity index is 1.82. The van der Waals surface area contributed by atoms with Gasteiger partial charge in [0.05, 0.1) is 11.6 Å². The van der Waals surface area contributed by atoms with Gasteiger partial charge in [-0.3, -0.25) is 0 Å². The number of halogens is 1. The zero-order chi connectivity index (χ0) is 15.2. The highest BCUT2D eigenvalue weighted by Gasteiger charge is 2.18. The highest BCUT2D eigenvalue weighted by Crippen LogP contribution is 2.26. The molecule has 2 rings (SSSR count). The summed E-state index contributed by atoms with van der Waals surface area (Å²) in [6.45, 7) is 3.93. The maximum atomic E-state index is 6.29. The third-order valence-corrected chi connectivity index (χ3v) is 4.48. The molecule has 1 heterocycles. The molecule has 4 heteroatoms. The first kappa shape index (κ1) is 16.6. The van der Waals surface area contributed by atoms with Crippen molar-refractivity contribution in [1.82, 2.24) is 4.90 Å². The van der Waals surface area contributed by atoms with Gasteiger partial charge >= 0.3 is 0 Å². The van der Waals surface area contributed by atoms with E-state index in [0.717, 1.165) is 30.8 Å². The lowest BCUT2D eigenvalue weighted by Gasteiger charge is -2.32. The predicted octanol–water partition coefficient (Wildman–Crippen LogP) is 3.48. The largest absolute Gasteiger partial charge is 0.492 e. The molecule has 2 N–H and O–H groups in total. The van der Waals surface area contributed by atoms with Gasteiger partial charge in [-0.1, -0.05) is 24.1 Å². The zero-order valence-electron chi connectivity index (χ0n) is 13.1. The molecule has 21 heavy (non-hydrogen) atoms. The van der Waals surface area contributed by atoms with Crippen molar-refractivity contribution >= 4 is 11.6 Å². The van der Waals surface area contributed by atoms with E-state index >= 15 is 0 Å². The summed E-state index contributed by atoms with van der Waals surface area (Å²) in [5.41, 5.74) is 6.97. The number of hydrogen-bond acceptors (Lipinski definition) is 3. The molecule has 118 valence electrons. The van der Waals surface area contributed by atoms with Crippen molar-refractivity contribution in [2.45, 2.75) is 51.1 Å². The predicted molar refractivity (Wildman–Crippen MR) is 89.2 cm³/mol. The summed E-state index contributed by atoms with van der Waals surface area (Å²) in [5, 5.41) is 0.685. The van der Waals surface area contributed by atoms with Crippen LogP contribution in [-0.4, -0.2) is 37.2 Å². The lowest BCUT2D eigenvalue weighted by Crippen LogP contribution is -2.37. The summed E-state index contributed by atoms with van der Waals surface area (Å²) in [6.07, 6.45) is 5.84. The van der Waals surface area contributed by atoms with Gasteiger partial charge in [-0.15, -0.1) is 0 Å². The Morgan fingerprint density at radius 2 is 2.24 bits per heavy atom. The van der Waals surface area contributed by atoms with Crippen LogP contribution in [-0.2, 0) is 6.42 Å². The first-order chi connectivity index (χ1) is 10.1. The maximum absolute atomic E-state index is 6.29. The van der Waals surface area contributed by atoms with Crippen LogP contribution in [0.15, 0.2) is 18.2 Å². The van der Waals surface area contributed by atoms with Crippen LogP contribution in [0.4, 0.5) is 0 Å². The number of nitrogens with two attached hydrogens (primary N) is 1. The molecule has 2 atom stereocenters. The average molecular weight is 311 g/mol. The number of piperidine rings is 1. The summed E-state index contributed by atoms with van der Waals surface area (Å²) < 4.78 is 5.86. The van der Waals surface area contributed by atoms with E-state index in [0.29, 0.717) is 11.1 Å². The summed E-state index contributed by atoms with van der Waals surface area (Å²) in [5.74, 6) is 0.781. The molecule has 0 radical (unpaired) electrons. The van der Waals surface area contributed by atoms with Gasteiger partial charge in [0, 0.05) is 12.1 Å². The van der Waals surface area contributed by atoms with E-state index in [1.54, 1.807) is 0 Å². The van der Waals surface area contributed by atoms with E-state index < -0.39 is 0 Å². The van der Waals surface area contributed by atoms with E-state index in [2.05, 4.69) is 18.0 Å². The first-order valence-corrected chi connectivity index (χ1v) is 8.31. The van der Waals surface area contributed by atoms with Crippen LogP contribution in [0.5, 0.6) is 5.75 Å². The molecule has 1 aliphatic rings. The molecule has 0 amide bonds. The highest BCUT2D eigenvalue weighted by molar-refractivity contribution is 6.32. The van der Waals surface area contributed by atoms with Crippen LogP contribution in [0.2, 0.25) is 5.02 Å². The van der Waals surface area contributed by atoms with Gasteiger partial charge in [0.1, 0.15) is 5.75 Å². The van der Waals surface area contributed by atoms with Crippen LogP contribution >= 0.6 is 11.6 Å². The third-order valence-electron chi connectivity index (χ3n) is 4.18. The van der Waals surface area contributed by atoms with E-state index in [1.165, 1.54) is 25.8 Å². The van der Waals surface area contributed by atoms with Crippen molar-refractivity contribution in [1.29, 1.82) is 0 Å². The summed E-state index contributed by atoms with van der Waals surface area (Å²) in [4.78, 5) is 2.44. The molecule has 0 aromatic heterocycles. The topological polar surface area (TPSA) is 38.5 Å². The number of likely N-dealkylation sites (tertiary alicyclic amines) is 1. The maximum Gasteiger partial charge on any atom is 0.137 e. The van der Waals surface area contributed by atoms with Gasteiger partial charge in [0.2, 0.25) is 0 Å². The van der Waals surface area contributed by atoms with E-state index in [-0.39, 0.29) is 6.04 Å². The molecular formula is C17H27ClN2O. The normalized spacial score (nSPS) is 21.2. The molecule has 3 nitrogen and oxygen atoms in total. The minimum Gasteiger partial charge on any atom is -0.492 e. The quantitative estimate of drug-likeness (QED) is 0.874. The molecule has 2 unspecified atom stereocenters. The average Bonchev–Trinajstić information content (AvgIpc) is 2.42. The Morgan fingerprint density at radius 3 is 2.90 bits per heavy atom. The number of ether oxygens (including phenoxy) is 1. The van der Waals surface area contributed by atoms with E-state index in [1.807, 2.05) is 19.1 Å². The molecule has 1 aromatic rings. The lowest BCUT2D eigenvalue weighted by molar-refractivity contribution is 0.153. The second kappa shape index (κ2) is 8.02. The Morgan fingerprint density at radius 1 is 1.43 bits per heavy atom. The van der Waals surface area contributed by atoms with Gasteiger partial charge in [0.25, 0.3) is 0 Å². The number of nitrogens with zero attached hydrogens (tertiary/aromatic N) is 1. The number of hydrogen-bond donors (Lipinski definition) is 1. The Kier molecular flexibility index (Phi) is 6.34. The molecular weight excluding hydrogens is 284 g/mol. The molecule has 0 bridgehead atoms. The summed E-state index contributed by atoms with van der Waals surface area (Å²) in [7, 11) is 2.21. The van der Waals surface area contributed by atoms with Crippen molar-refractivity contribution in [2.24, 2.45) is 5.73 Å². The Labute approximate surface area is 133 Å². The number of rotatable bonds is 6. The van der Waals surface area contributed by atoms with E-state index in [4.69, 9.17) is 22.1 Å². The molecule has 0 spiro atoms. The second-order valence-electron chi connectivity index (χ2n) is 6.21. The SMILES string of the molecule is CC(N)Cc1ccc(OCCC2CCCCN2C)c(Cl)c1. The van der Waals surface area contributed by atoms with Gasteiger partial charge in [0.15, 0.2) is 0 Å². The fourth-order valence-electron chi connectivity index (χ4n) is 2.97.